The molecule has 0 bridgehead atoms. The van der Waals surface area contributed by atoms with Crippen molar-refractivity contribution in [2.75, 3.05) is 5.32 Å². The summed E-state index contributed by atoms with van der Waals surface area (Å²) in [7, 11) is 0. The second-order valence-electron chi connectivity index (χ2n) is 6.41. The van der Waals surface area contributed by atoms with E-state index in [0.29, 0.717) is 12.1 Å². The number of benzene rings is 3. The van der Waals surface area contributed by atoms with Crippen molar-refractivity contribution < 1.29 is 4.79 Å². The van der Waals surface area contributed by atoms with Crippen molar-refractivity contribution in [2.45, 2.75) is 17.5 Å². The fraction of sp³-hybridized carbons (Fsp3) is 0.0909. The molecule has 0 aliphatic carbocycles. The number of amides is 1. The van der Waals surface area contributed by atoms with Gasteiger partial charge in [0.1, 0.15) is 0 Å². The van der Waals surface area contributed by atoms with Gasteiger partial charge in [0.25, 0.3) is 5.91 Å². The van der Waals surface area contributed by atoms with E-state index in [0.717, 1.165) is 27.7 Å². The van der Waals surface area contributed by atoms with Crippen molar-refractivity contribution >= 4 is 23.4 Å². The van der Waals surface area contributed by atoms with Crippen LogP contribution in [0.5, 0.6) is 0 Å². The summed E-state index contributed by atoms with van der Waals surface area (Å²) in [6.07, 6.45) is 0. The molecule has 29 heavy (non-hydrogen) atoms. The molecule has 0 atom stereocenters. The zero-order valence-electron chi connectivity index (χ0n) is 15.6. The van der Waals surface area contributed by atoms with Gasteiger partial charge < -0.3 is 5.32 Å². The summed E-state index contributed by atoms with van der Waals surface area (Å²) >= 11 is 1.57. The number of hydrogen-bond acceptors (Lipinski definition) is 5. The molecule has 4 rings (SSSR count). The highest BCUT2D eigenvalue weighted by Gasteiger charge is 2.09. The molecule has 3 aromatic carbocycles. The second kappa shape index (κ2) is 9.16. The van der Waals surface area contributed by atoms with Crippen LogP contribution in [0.1, 0.15) is 21.5 Å². The molecule has 0 spiro atoms. The Morgan fingerprint density at radius 2 is 1.55 bits per heavy atom. The molecule has 0 fully saturated rings. The fourth-order valence-electron chi connectivity index (χ4n) is 2.78. The van der Waals surface area contributed by atoms with E-state index in [9.17, 15) is 4.79 Å². The zero-order valence-corrected chi connectivity index (χ0v) is 16.4. The van der Waals surface area contributed by atoms with Crippen LogP contribution in [0.2, 0.25) is 0 Å². The highest BCUT2D eigenvalue weighted by Crippen LogP contribution is 2.21. The normalized spacial score (nSPS) is 10.6. The molecule has 4 aromatic rings. The van der Waals surface area contributed by atoms with Crippen LogP contribution in [0, 0.1) is 0 Å². The Morgan fingerprint density at radius 1 is 0.862 bits per heavy atom. The molecule has 1 heterocycles. The first-order valence-corrected chi connectivity index (χ1v) is 10.1. The third-order valence-electron chi connectivity index (χ3n) is 4.29. The van der Waals surface area contributed by atoms with Crippen LogP contribution in [-0.2, 0) is 12.3 Å². The number of thioether (sulfide) groups is 1. The Labute approximate surface area is 173 Å². The van der Waals surface area contributed by atoms with Crippen LogP contribution in [0.15, 0.2) is 90.1 Å². The van der Waals surface area contributed by atoms with Gasteiger partial charge in [-0.2, -0.15) is 0 Å². The Morgan fingerprint density at radius 3 is 2.28 bits per heavy atom. The fourth-order valence-corrected chi connectivity index (χ4v) is 3.61. The Hall–Kier alpha value is -3.45. The van der Waals surface area contributed by atoms with Crippen molar-refractivity contribution in [1.29, 1.82) is 0 Å². The summed E-state index contributed by atoms with van der Waals surface area (Å²) < 4.78 is 1.79. The molecule has 144 valence electrons. The number of anilines is 1. The SMILES string of the molecule is O=C(Nc1ccccc1)c1ccc(CSc2nnnn2Cc2ccccc2)cc1. The van der Waals surface area contributed by atoms with Crippen molar-refractivity contribution in [1.82, 2.24) is 20.2 Å². The molecule has 7 heteroatoms. The maximum absolute atomic E-state index is 12.3. The predicted molar refractivity (Wildman–Crippen MR) is 114 cm³/mol. The van der Waals surface area contributed by atoms with Gasteiger partial charge in [-0.05, 0) is 45.8 Å². The molecule has 0 aliphatic rings. The van der Waals surface area contributed by atoms with Gasteiger partial charge in [0.05, 0.1) is 6.54 Å². The number of carbonyl (C=O) groups excluding carboxylic acids is 1. The van der Waals surface area contributed by atoms with Crippen molar-refractivity contribution in [3.63, 3.8) is 0 Å². The topological polar surface area (TPSA) is 72.7 Å². The molecule has 0 unspecified atom stereocenters. The summed E-state index contributed by atoms with van der Waals surface area (Å²) in [6.45, 7) is 0.634. The minimum atomic E-state index is -0.123. The molecule has 0 radical (unpaired) electrons. The first-order chi connectivity index (χ1) is 14.3. The molecule has 1 N–H and O–H groups in total. The summed E-state index contributed by atoms with van der Waals surface area (Å²) in [4.78, 5) is 12.3. The van der Waals surface area contributed by atoms with Crippen LogP contribution in [0.4, 0.5) is 5.69 Å². The molecular weight excluding hydrogens is 382 g/mol. The quantitative estimate of drug-likeness (QED) is 0.468. The number of aromatic nitrogens is 4. The lowest BCUT2D eigenvalue weighted by atomic mass is 10.1. The van der Waals surface area contributed by atoms with Crippen LogP contribution in [0.25, 0.3) is 0 Å². The lowest BCUT2D eigenvalue weighted by Crippen LogP contribution is -2.11. The largest absolute Gasteiger partial charge is 0.322 e. The maximum Gasteiger partial charge on any atom is 0.255 e. The first-order valence-electron chi connectivity index (χ1n) is 9.16. The van der Waals surface area contributed by atoms with Gasteiger partial charge in [-0.1, -0.05) is 72.4 Å². The molecule has 0 saturated carbocycles. The van der Waals surface area contributed by atoms with Crippen molar-refractivity contribution in [3.8, 4) is 0 Å². The number of carbonyl (C=O) groups is 1. The number of rotatable bonds is 7. The number of nitrogens with one attached hydrogen (secondary N) is 1. The number of hydrogen-bond donors (Lipinski definition) is 1. The number of para-hydroxylation sites is 1. The first kappa shape index (κ1) is 18.9. The minimum Gasteiger partial charge on any atom is -0.322 e. The van der Waals surface area contributed by atoms with Crippen molar-refractivity contribution in [3.05, 3.63) is 102 Å². The average molecular weight is 401 g/mol. The van der Waals surface area contributed by atoms with Crippen molar-refractivity contribution in [2.24, 2.45) is 0 Å². The lowest BCUT2D eigenvalue weighted by molar-refractivity contribution is 0.102. The number of nitrogens with zero attached hydrogens (tertiary/aromatic N) is 4. The summed E-state index contributed by atoms with van der Waals surface area (Å²) in [5.41, 5.74) is 3.65. The Bertz CT molecular complexity index is 1070. The highest BCUT2D eigenvalue weighted by atomic mass is 32.2. The molecule has 6 nitrogen and oxygen atoms in total. The van der Waals surface area contributed by atoms with Crippen LogP contribution < -0.4 is 5.32 Å². The average Bonchev–Trinajstić information content (AvgIpc) is 3.21. The summed E-state index contributed by atoms with van der Waals surface area (Å²) in [5.74, 6) is 0.595. The van der Waals surface area contributed by atoms with E-state index in [1.54, 1.807) is 16.4 Å². The van der Waals surface area contributed by atoms with Gasteiger partial charge in [0.2, 0.25) is 5.16 Å². The predicted octanol–water partition coefficient (Wildman–Crippen LogP) is 4.27. The summed E-state index contributed by atoms with van der Waals surface area (Å²) in [5, 5.41) is 15.7. The van der Waals surface area contributed by atoms with Gasteiger partial charge in [-0.25, -0.2) is 4.68 Å². The van der Waals surface area contributed by atoms with E-state index in [1.807, 2.05) is 72.8 Å². The molecular formula is C22H19N5OS. The zero-order chi connectivity index (χ0) is 19.9. The van der Waals surface area contributed by atoms with E-state index in [1.165, 1.54) is 0 Å². The highest BCUT2D eigenvalue weighted by molar-refractivity contribution is 7.98. The Balaban J connectivity index is 1.35. The smallest absolute Gasteiger partial charge is 0.255 e. The molecule has 1 aromatic heterocycles. The van der Waals surface area contributed by atoms with Crippen LogP contribution in [0.3, 0.4) is 0 Å². The second-order valence-corrected chi connectivity index (χ2v) is 7.35. The van der Waals surface area contributed by atoms with E-state index < -0.39 is 0 Å². The maximum atomic E-state index is 12.3. The minimum absolute atomic E-state index is 0.123. The van der Waals surface area contributed by atoms with E-state index in [-0.39, 0.29) is 5.91 Å². The Kier molecular flexibility index (Phi) is 5.97. The third-order valence-corrected chi connectivity index (χ3v) is 5.32. The monoisotopic (exact) mass is 401 g/mol. The van der Waals surface area contributed by atoms with Gasteiger partial charge in [-0.15, -0.1) is 5.10 Å². The standard InChI is InChI=1S/C22H19N5OS/c28-21(23-20-9-5-2-6-10-20)19-13-11-18(12-14-19)16-29-22-24-25-26-27(22)15-17-7-3-1-4-8-17/h1-14H,15-16H2,(H,23,28). The molecule has 0 saturated heterocycles. The number of tetrazole rings is 1. The van der Waals surface area contributed by atoms with E-state index in [4.69, 9.17) is 0 Å². The molecule has 1 amide bonds. The van der Waals surface area contributed by atoms with Gasteiger partial charge in [0, 0.05) is 17.0 Å². The van der Waals surface area contributed by atoms with E-state index in [2.05, 4.69) is 33.0 Å². The van der Waals surface area contributed by atoms with Crippen LogP contribution >= 0.6 is 11.8 Å². The van der Waals surface area contributed by atoms with Gasteiger partial charge in [-0.3, -0.25) is 4.79 Å². The molecule has 0 aliphatic heterocycles. The third kappa shape index (κ3) is 5.08. The van der Waals surface area contributed by atoms with E-state index >= 15 is 0 Å². The summed E-state index contributed by atoms with van der Waals surface area (Å²) in [6, 6.07) is 27.1. The van der Waals surface area contributed by atoms with Crippen LogP contribution in [-0.4, -0.2) is 26.1 Å². The lowest BCUT2D eigenvalue weighted by Gasteiger charge is -2.07. The van der Waals surface area contributed by atoms with Gasteiger partial charge >= 0.3 is 0 Å². The van der Waals surface area contributed by atoms with Gasteiger partial charge in [0.15, 0.2) is 0 Å².